The number of anilines is 1. The Morgan fingerprint density at radius 1 is 0.963 bits per heavy atom. The summed E-state index contributed by atoms with van der Waals surface area (Å²) in [4.78, 5) is 17.0. The zero-order valence-corrected chi connectivity index (χ0v) is 17.0. The molecule has 0 atom stereocenters. The topological polar surface area (TPSA) is 42.0 Å². The van der Waals surface area contributed by atoms with Gasteiger partial charge in [0.05, 0.1) is 24.9 Å². The van der Waals surface area contributed by atoms with Crippen molar-refractivity contribution in [3.05, 3.63) is 52.0 Å². The van der Waals surface area contributed by atoms with E-state index in [2.05, 4.69) is 17.9 Å². The Kier molecular flexibility index (Phi) is 5.80. The van der Waals surface area contributed by atoms with E-state index in [1.54, 1.807) is 32.4 Å². The summed E-state index contributed by atoms with van der Waals surface area (Å²) in [5, 5.41) is 0.771. The highest BCUT2D eigenvalue weighted by molar-refractivity contribution is 6.33. The van der Waals surface area contributed by atoms with Crippen molar-refractivity contribution in [2.24, 2.45) is 0 Å². The molecule has 0 spiro atoms. The summed E-state index contributed by atoms with van der Waals surface area (Å²) in [7, 11) is 3.15. The van der Waals surface area contributed by atoms with Gasteiger partial charge in [0.2, 0.25) is 0 Å². The predicted octanol–water partition coefficient (Wildman–Crippen LogP) is 3.94. The van der Waals surface area contributed by atoms with Crippen LogP contribution in [0.3, 0.4) is 0 Å². The van der Waals surface area contributed by atoms with Crippen LogP contribution in [0.1, 0.15) is 21.5 Å². The van der Waals surface area contributed by atoms with E-state index in [-0.39, 0.29) is 5.91 Å². The van der Waals surface area contributed by atoms with Gasteiger partial charge in [0.15, 0.2) is 11.5 Å². The zero-order chi connectivity index (χ0) is 19.6. The van der Waals surface area contributed by atoms with E-state index in [1.807, 2.05) is 17.9 Å². The number of amides is 1. The summed E-state index contributed by atoms with van der Waals surface area (Å²) in [6, 6.07) is 9.40. The van der Waals surface area contributed by atoms with Crippen LogP contribution >= 0.6 is 11.6 Å². The molecule has 2 aromatic carbocycles. The third kappa shape index (κ3) is 3.98. The SMILES string of the molecule is COc1ccc(C(=O)N2CCN(c3c(C)cc(C)cc3Cl)CC2)cc1OC. The Balaban J connectivity index is 1.72. The summed E-state index contributed by atoms with van der Waals surface area (Å²) < 4.78 is 10.5. The van der Waals surface area contributed by atoms with Crippen LogP contribution in [0.4, 0.5) is 5.69 Å². The third-order valence-electron chi connectivity index (χ3n) is 4.91. The fraction of sp³-hybridized carbons (Fsp3) is 0.381. The quantitative estimate of drug-likeness (QED) is 0.795. The monoisotopic (exact) mass is 388 g/mol. The second kappa shape index (κ2) is 8.09. The molecule has 1 amide bonds. The molecule has 3 rings (SSSR count). The molecule has 1 heterocycles. The number of piperazine rings is 1. The van der Waals surface area contributed by atoms with Gasteiger partial charge in [-0.15, -0.1) is 0 Å². The highest BCUT2D eigenvalue weighted by atomic mass is 35.5. The Bertz CT molecular complexity index is 822. The minimum atomic E-state index is 0.00216. The molecule has 27 heavy (non-hydrogen) atoms. The maximum atomic E-state index is 12.9. The van der Waals surface area contributed by atoms with Crippen LogP contribution in [-0.2, 0) is 0 Å². The van der Waals surface area contributed by atoms with Gasteiger partial charge < -0.3 is 19.3 Å². The number of benzene rings is 2. The van der Waals surface area contributed by atoms with E-state index in [0.717, 1.165) is 29.4 Å². The van der Waals surface area contributed by atoms with Gasteiger partial charge in [-0.3, -0.25) is 4.79 Å². The van der Waals surface area contributed by atoms with E-state index >= 15 is 0 Å². The molecule has 0 aromatic heterocycles. The largest absolute Gasteiger partial charge is 0.493 e. The van der Waals surface area contributed by atoms with Gasteiger partial charge in [-0.25, -0.2) is 0 Å². The van der Waals surface area contributed by atoms with Crippen molar-refractivity contribution < 1.29 is 14.3 Å². The van der Waals surface area contributed by atoms with Crippen LogP contribution in [0.25, 0.3) is 0 Å². The van der Waals surface area contributed by atoms with Crippen molar-refractivity contribution >= 4 is 23.2 Å². The number of carbonyl (C=O) groups is 1. The van der Waals surface area contributed by atoms with Gasteiger partial charge in [-0.05, 0) is 49.2 Å². The maximum absolute atomic E-state index is 12.9. The van der Waals surface area contributed by atoms with Crippen LogP contribution in [0.15, 0.2) is 30.3 Å². The lowest BCUT2D eigenvalue weighted by Crippen LogP contribution is -2.49. The van der Waals surface area contributed by atoms with Crippen LogP contribution in [-0.4, -0.2) is 51.2 Å². The number of halogens is 1. The summed E-state index contributed by atoms with van der Waals surface area (Å²) in [5.74, 6) is 1.18. The molecule has 2 aromatic rings. The van der Waals surface area contributed by atoms with Crippen LogP contribution < -0.4 is 14.4 Å². The Morgan fingerprint density at radius 3 is 2.22 bits per heavy atom. The van der Waals surface area contributed by atoms with Gasteiger partial charge in [-0.1, -0.05) is 17.7 Å². The average Bonchev–Trinajstić information content (AvgIpc) is 2.66. The number of hydrogen-bond donors (Lipinski definition) is 0. The van der Waals surface area contributed by atoms with Crippen molar-refractivity contribution in [1.29, 1.82) is 0 Å². The summed E-state index contributed by atoms with van der Waals surface area (Å²) in [5.41, 5.74) is 3.99. The number of hydrogen-bond acceptors (Lipinski definition) is 4. The summed E-state index contributed by atoms with van der Waals surface area (Å²) >= 11 is 6.48. The maximum Gasteiger partial charge on any atom is 0.254 e. The van der Waals surface area contributed by atoms with Gasteiger partial charge in [0, 0.05) is 31.7 Å². The van der Waals surface area contributed by atoms with Gasteiger partial charge in [0.1, 0.15) is 0 Å². The van der Waals surface area contributed by atoms with E-state index in [9.17, 15) is 4.79 Å². The van der Waals surface area contributed by atoms with Crippen LogP contribution in [0.5, 0.6) is 11.5 Å². The predicted molar refractivity (Wildman–Crippen MR) is 109 cm³/mol. The van der Waals surface area contributed by atoms with Crippen molar-refractivity contribution in [1.82, 2.24) is 4.90 Å². The van der Waals surface area contributed by atoms with Crippen LogP contribution in [0, 0.1) is 13.8 Å². The molecule has 0 radical (unpaired) electrons. The number of rotatable bonds is 4. The molecule has 5 nitrogen and oxygen atoms in total. The van der Waals surface area contributed by atoms with Gasteiger partial charge in [-0.2, -0.15) is 0 Å². The smallest absolute Gasteiger partial charge is 0.254 e. The van der Waals surface area contributed by atoms with Crippen molar-refractivity contribution in [3.8, 4) is 11.5 Å². The lowest BCUT2D eigenvalue weighted by molar-refractivity contribution is 0.0746. The first-order valence-electron chi connectivity index (χ1n) is 8.97. The standard InChI is InChI=1S/C21H25ClN2O3/c1-14-11-15(2)20(17(22)12-14)23-7-9-24(10-8-23)21(25)16-5-6-18(26-3)19(13-16)27-4/h5-6,11-13H,7-10H2,1-4H3. The molecule has 1 saturated heterocycles. The normalized spacial score (nSPS) is 14.3. The van der Waals surface area contributed by atoms with E-state index in [0.29, 0.717) is 30.2 Å². The highest BCUT2D eigenvalue weighted by Crippen LogP contribution is 2.32. The first-order chi connectivity index (χ1) is 12.9. The second-order valence-corrected chi connectivity index (χ2v) is 7.17. The molecule has 0 bridgehead atoms. The second-order valence-electron chi connectivity index (χ2n) is 6.76. The molecule has 0 unspecified atom stereocenters. The lowest BCUT2D eigenvalue weighted by Gasteiger charge is -2.37. The highest BCUT2D eigenvalue weighted by Gasteiger charge is 2.25. The summed E-state index contributed by atoms with van der Waals surface area (Å²) in [6.45, 7) is 6.93. The molecule has 1 fully saturated rings. The van der Waals surface area contributed by atoms with Crippen molar-refractivity contribution in [2.45, 2.75) is 13.8 Å². The Hall–Kier alpha value is -2.40. The minimum absolute atomic E-state index is 0.00216. The van der Waals surface area contributed by atoms with Gasteiger partial charge >= 0.3 is 0 Å². The average molecular weight is 389 g/mol. The summed E-state index contributed by atoms with van der Waals surface area (Å²) in [6.07, 6.45) is 0. The number of carbonyl (C=O) groups excluding carboxylic acids is 1. The lowest BCUT2D eigenvalue weighted by atomic mass is 10.1. The minimum Gasteiger partial charge on any atom is -0.493 e. The number of methoxy groups -OCH3 is 2. The molecule has 0 saturated carbocycles. The van der Waals surface area contributed by atoms with Crippen molar-refractivity contribution in [3.63, 3.8) is 0 Å². The van der Waals surface area contributed by atoms with E-state index in [4.69, 9.17) is 21.1 Å². The first-order valence-corrected chi connectivity index (χ1v) is 9.35. The molecule has 144 valence electrons. The molecule has 1 aliphatic rings. The molecule has 0 aliphatic carbocycles. The number of aryl methyl sites for hydroxylation is 2. The zero-order valence-electron chi connectivity index (χ0n) is 16.2. The first kappa shape index (κ1) is 19.4. The number of nitrogens with zero attached hydrogens (tertiary/aromatic N) is 2. The fourth-order valence-corrected chi connectivity index (χ4v) is 4.03. The van der Waals surface area contributed by atoms with Gasteiger partial charge in [0.25, 0.3) is 5.91 Å². The number of ether oxygens (including phenoxy) is 2. The Morgan fingerprint density at radius 2 is 1.63 bits per heavy atom. The fourth-order valence-electron chi connectivity index (χ4n) is 3.59. The van der Waals surface area contributed by atoms with E-state index < -0.39 is 0 Å². The molecule has 0 N–H and O–H groups in total. The molecule has 6 heteroatoms. The van der Waals surface area contributed by atoms with Crippen molar-refractivity contribution in [2.75, 3.05) is 45.3 Å². The van der Waals surface area contributed by atoms with E-state index in [1.165, 1.54) is 5.56 Å². The van der Waals surface area contributed by atoms with Crippen LogP contribution in [0.2, 0.25) is 5.02 Å². The molecule has 1 aliphatic heterocycles. The molecular formula is C21H25ClN2O3. The molecular weight excluding hydrogens is 364 g/mol. The Labute approximate surface area is 165 Å². The third-order valence-corrected chi connectivity index (χ3v) is 5.20.